The molecule has 0 amide bonds. The predicted octanol–water partition coefficient (Wildman–Crippen LogP) is 2.26. The van der Waals surface area contributed by atoms with Gasteiger partial charge in [-0.25, -0.2) is 9.97 Å². The van der Waals surface area contributed by atoms with E-state index in [1.807, 2.05) is 12.1 Å². The Kier molecular flexibility index (Phi) is 4.40. The van der Waals surface area contributed by atoms with Gasteiger partial charge in [0.25, 0.3) is 0 Å². The Balaban J connectivity index is 1.86. The summed E-state index contributed by atoms with van der Waals surface area (Å²) in [5.41, 5.74) is 2.06. The minimum absolute atomic E-state index is 0.448. The molecular formula is C16H21N5. The van der Waals surface area contributed by atoms with Crippen molar-refractivity contribution in [2.24, 2.45) is 0 Å². The number of pyridine rings is 1. The molecule has 1 saturated heterocycles. The maximum absolute atomic E-state index is 4.67. The third-order valence-corrected chi connectivity index (χ3v) is 3.73. The van der Waals surface area contributed by atoms with E-state index in [-0.39, 0.29) is 0 Å². The van der Waals surface area contributed by atoms with Crippen molar-refractivity contribution in [3.05, 3.63) is 36.3 Å². The molecule has 2 N–H and O–H groups in total. The number of nitrogens with one attached hydrogen (secondary N) is 2. The second kappa shape index (κ2) is 6.63. The van der Waals surface area contributed by atoms with Crippen LogP contribution in [0, 0.1) is 0 Å². The second-order valence-corrected chi connectivity index (χ2v) is 5.35. The minimum Gasteiger partial charge on any atom is -0.366 e. The van der Waals surface area contributed by atoms with Crippen molar-refractivity contribution in [2.75, 3.05) is 18.4 Å². The molecule has 3 heterocycles. The van der Waals surface area contributed by atoms with Gasteiger partial charge in [0.2, 0.25) is 0 Å². The Morgan fingerprint density at radius 2 is 2.14 bits per heavy atom. The molecule has 1 aliphatic heterocycles. The van der Waals surface area contributed by atoms with Crippen LogP contribution in [0.4, 0.5) is 5.82 Å². The molecule has 1 atom stereocenters. The van der Waals surface area contributed by atoms with Gasteiger partial charge in [0.1, 0.15) is 5.82 Å². The monoisotopic (exact) mass is 283 g/mol. The zero-order valence-electron chi connectivity index (χ0n) is 12.3. The van der Waals surface area contributed by atoms with Crippen molar-refractivity contribution in [3.63, 3.8) is 0 Å². The van der Waals surface area contributed by atoms with E-state index in [9.17, 15) is 0 Å². The number of hydrogen-bond acceptors (Lipinski definition) is 5. The van der Waals surface area contributed by atoms with Gasteiger partial charge in [-0.3, -0.25) is 4.98 Å². The highest BCUT2D eigenvalue weighted by molar-refractivity contribution is 5.56. The number of rotatable bonds is 4. The van der Waals surface area contributed by atoms with Gasteiger partial charge in [0.15, 0.2) is 5.82 Å². The molecular weight excluding hydrogens is 262 g/mol. The maximum Gasteiger partial charge on any atom is 0.161 e. The SMILES string of the molecule is CCc1cc(NC2CCCNC2)nc(-c2ccncc2)n1. The van der Waals surface area contributed by atoms with E-state index < -0.39 is 0 Å². The lowest BCUT2D eigenvalue weighted by Gasteiger charge is -2.24. The normalized spacial score (nSPS) is 18.4. The maximum atomic E-state index is 4.67. The van der Waals surface area contributed by atoms with Crippen molar-refractivity contribution < 1.29 is 0 Å². The van der Waals surface area contributed by atoms with Crippen LogP contribution in [0.15, 0.2) is 30.6 Å². The zero-order valence-corrected chi connectivity index (χ0v) is 12.3. The van der Waals surface area contributed by atoms with Gasteiger partial charge in [-0.05, 0) is 37.9 Å². The lowest BCUT2D eigenvalue weighted by molar-refractivity contribution is 0.479. The van der Waals surface area contributed by atoms with Crippen molar-refractivity contribution in [1.29, 1.82) is 0 Å². The summed E-state index contributed by atoms with van der Waals surface area (Å²) in [6.45, 7) is 4.23. The first-order chi connectivity index (χ1) is 10.3. The average Bonchev–Trinajstić information content (AvgIpc) is 2.56. The van der Waals surface area contributed by atoms with Crippen LogP contribution in [0.3, 0.4) is 0 Å². The van der Waals surface area contributed by atoms with Crippen LogP contribution in [0.25, 0.3) is 11.4 Å². The Morgan fingerprint density at radius 1 is 1.29 bits per heavy atom. The topological polar surface area (TPSA) is 62.7 Å². The average molecular weight is 283 g/mol. The van der Waals surface area contributed by atoms with E-state index in [0.29, 0.717) is 6.04 Å². The summed E-state index contributed by atoms with van der Waals surface area (Å²) in [7, 11) is 0. The molecule has 1 fully saturated rings. The molecule has 0 aromatic carbocycles. The highest BCUT2D eigenvalue weighted by atomic mass is 15.1. The van der Waals surface area contributed by atoms with Crippen molar-refractivity contribution in [1.82, 2.24) is 20.3 Å². The predicted molar refractivity (Wildman–Crippen MR) is 84.2 cm³/mol. The first kappa shape index (κ1) is 13.9. The third kappa shape index (κ3) is 3.55. The second-order valence-electron chi connectivity index (χ2n) is 5.35. The highest BCUT2D eigenvalue weighted by Crippen LogP contribution is 2.19. The Hall–Kier alpha value is -2.01. The van der Waals surface area contributed by atoms with Gasteiger partial charge in [0, 0.05) is 42.3 Å². The molecule has 5 heteroatoms. The Labute approximate surface area is 125 Å². The van der Waals surface area contributed by atoms with Gasteiger partial charge in [-0.1, -0.05) is 6.92 Å². The number of hydrogen-bond donors (Lipinski definition) is 2. The number of aryl methyl sites for hydroxylation is 1. The van der Waals surface area contributed by atoms with Crippen LogP contribution in [0.1, 0.15) is 25.5 Å². The molecule has 3 rings (SSSR count). The molecule has 1 unspecified atom stereocenters. The largest absolute Gasteiger partial charge is 0.366 e. The first-order valence-corrected chi connectivity index (χ1v) is 7.61. The van der Waals surface area contributed by atoms with Gasteiger partial charge in [0.05, 0.1) is 0 Å². The summed E-state index contributed by atoms with van der Waals surface area (Å²) in [5, 5.41) is 6.95. The summed E-state index contributed by atoms with van der Waals surface area (Å²) < 4.78 is 0. The summed E-state index contributed by atoms with van der Waals surface area (Å²) in [6.07, 6.45) is 6.84. The summed E-state index contributed by atoms with van der Waals surface area (Å²) in [4.78, 5) is 13.3. The Morgan fingerprint density at radius 3 is 2.86 bits per heavy atom. The van der Waals surface area contributed by atoms with E-state index in [0.717, 1.165) is 42.4 Å². The van der Waals surface area contributed by atoms with Crippen LogP contribution in [0.2, 0.25) is 0 Å². The smallest absolute Gasteiger partial charge is 0.161 e. The fraction of sp³-hybridized carbons (Fsp3) is 0.438. The van der Waals surface area contributed by atoms with Crippen LogP contribution in [-0.2, 0) is 6.42 Å². The quantitative estimate of drug-likeness (QED) is 0.901. The lowest BCUT2D eigenvalue weighted by atomic mass is 10.1. The van der Waals surface area contributed by atoms with Gasteiger partial charge in [-0.2, -0.15) is 0 Å². The lowest BCUT2D eigenvalue weighted by Crippen LogP contribution is -2.38. The number of piperidine rings is 1. The molecule has 0 saturated carbocycles. The van der Waals surface area contributed by atoms with Crippen LogP contribution in [-0.4, -0.2) is 34.1 Å². The van der Waals surface area contributed by atoms with Gasteiger partial charge in [-0.15, -0.1) is 0 Å². The van der Waals surface area contributed by atoms with Crippen molar-refractivity contribution >= 4 is 5.82 Å². The molecule has 2 aromatic rings. The van der Waals surface area contributed by atoms with E-state index in [4.69, 9.17) is 0 Å². The molecule has 0 spiro atoms. The summed E-state index contributed by atoms with van der Waals surface area (Å²) in [6, 6.07) is 6.39. The van der Waals surface area contributed by atoms with E-state index in [1.165, 1.54) is 12.8 Å². The van der Waals surface area contributed by atoms with Gasteiger partial charge >= 0.3 is 0 Å². The molecule has 0 radical (unpaired) electrons. The first-order valence-electron chi connectivity index (χ1n) is 7.61. The van der Waals surface area contributed by atoms with E-state index in [2.05, 4.69) is 38.6 Å². The molecule has 5 nitrogen and oxygen atoms in total. The molecule has 2 aromatic heterocycles. The van der Waals surface area contributed by atoms with Crippen LogP contribution >= 0.6 is 0 Å². The third-order valence-electron chi connectivity index (χ3n) is 3.73. The fourth-order valence-corrected chi connectivity index (χ4v) is 2.57. The number of anilines is 1. The molecule has 0 aliphatic carbocycles. The molecule has 21 heavy (non-hydrogen) atoms. The standard InChI is InChI=1S/C16H21N5/c1-2-13-10-15(19-14-4-3-7-18-11-14)21-16(20-13)12-5-8-17-9-6-12/h5-6,8-10,14,18H,2-4,7,11H2,1H3,(H,19,20,21). The van der Waals surface area contributed by atoms with Crippen molar-refractivity contribution in [2.45, 2.75) is 32.2 Å². The highest BCUT2D eigenvalue weighted by Gasteiger charge is 2.14. The molecule has 110 valence electrons. The number of aromatic nitrogens is 3. The van der Waals surface area contributed by atoms with Gasteiger partial charge < -0.3 is 10.6 Å². The minimum atomic E-state index is 0.448. The summed E-state index contributed by atoms with van der Waals surface area (Å²) >= 11 is 0. The van der Waals surface area contributed by atoms with E-state index >= 15 is 0 Å². The zero-order chi connectivity index (χ0) is 14.5. The Bertz CT molecular complexity index is 578. The van der Waals surface area contributed by atoms with Crippen LogP contribution < -0.4 is 10.6 Å². The number of nitrogens with zero attached hydrogens (tertiary/aromatic N) is 3. The van der Waals surface area contributed by atoms with E-state index in [1.54, 1.807) is 12.4 Å². The summed E-state index contributed by atoms with van der Waals surface area (Å²) in [5.74, 6) is 1.69. The molecule has 1 aliphatic rings. The van der Waals surface area contributed by atoms with Crippen molar-refractivity contribution in [3.8, 4) is 11.4 Å². The van der Waals surface area contributed by atoms with Crippen LogP contribution in [0.5, 0.6) is 0 Å². The molecule has 0 bridgehead atoms. The fourth-order valence-electron chi connectivity index (χ4n) is 2.57.